The van der Waals surface area contributed by atoms with Gasteiger partial charge in [0.05, 0.1) is 5.60 Å². The molecule has 128 valence electrons. The Labute approximate surface area is 137 Å². The van der Waals surface area contributed by atoms with Crippen LogP contribution in [0.4, 0.5) is 0 Å². The van der Waals surface area contributed by atoms with Crippen LogP contribution in [0.3, 0.4) is 0 Å². The number of hydrogen-bond acceptors (Lipinski definition) is 4. The summed E-state index contributed by atoms with van der Waals surface area (Å²) in [6.07, 6.45) is 1.38. The normalized spacial score (nSPS) is 25.0. The lowest BCUT2D eigenvalue weighted by Crippen LogP contribution is -2.52. The van der Waals surface area contributed by atoms with Crippen LogP contribution in [0, 0.1) is 18.8 Å². The lowest BCUT2D eigenvalue weighted by atomic mass is 9.78. The Morgan fingerprint density at radius 1 is 1.35 bits per heavy atom. The summed E-state index contributed by atoms with van der Waals surface area (Å²) in [5, 5.41) is 30.2. The van der Waals surface area contributed by atoms with Crippen molar-refractivity contribution in [3.63, 3.8) is 0 Å². The molecule has 0 saturated carbocycles. The molecule has 23 heavy (non-hydrogen) atoms. The molecule has 0 spiro atoms. The average molecular weight is 321 g/mol. The number of rotatable bonds is 3. The summed E-state index contributed by atoms with van der Waals surface area (Å²) in [5.74, 6) is 0.0638. The third kappa shape index (κ3) is 3.78. The van der Waals surface area contributed by atoms with Crippen molar-refractivity contribution in [1.82, 2.24) is 4.90 Å². The number of amides is 1. The molecule has 5 nitrogen and oxygen atoms in total. The number of aliphatic hydroxyl groups is 1. The van der Waals surface area contributed by atoms with E-state index in [0.717, 1.165) is 6.42 Å². The molecule has 1 aliphatic rings. The first-order chi connectivity index (χ1) is 10.6. The molecule has 1 fully saturated rings. The second-order valence-electron chi connectivity index (χ2n) is 7.32. The van der Waals surface area contributed by atoms with Gasteiger partial charge < -0.3 is 20.2 Å². The van der Waals surface area contributed by atoms with Crippen LogP contribution in [-0.2, 0) is 0 Å². The number of benzene rings is 1. The highest BCUT2D eigenvalue weighted by atomic mass is 16.3. The Bertz CT molecular complexity index is 572. The van der Waals surface area contributed by atoms with Crippen LogP contribution in [0.2, 0.25) is 0 Å². The maximum Gasteiger partial charge on any atom is 0.254 e. The number of carbonyl (C=O) groups is 1. The number of aromatic hydroxyl groups is 2. The second-order valence-corrected chi connectivity index (χ2v) is 7.32. The van der Waals surface area contributed by atoms with Gasteiger partial charge in [-0.3, -0.25) is 4.79 Å². The summed E-state index contributed by atoms with van der Waals surface area (Å²) in [6, 6.07) is 2.78. The molecule has 1 saturated heterocycles. The number of likely N-dealkylation sites (tertiary alicyclic amines) is 1. The number of phenolic OH excluding ortho intramolecular Hbond substituents is 2. The highest BCUT2D eigenvalue weighted by Gasteiger charge is 2.39. The molecule has 0 bridgehead atoms. The van der Waals surface area contributed by atoms with Gasteiger partial charge in [-0.15, -0.1) is 0 Å². The molecular formula is C18H27NO4. The number of phenols is 2. The largest absolute Gasteiger partial charge is 0.508 e. The Morgan fingerprint density at radius 3 is 2.43 bits per heavy atom. The molecule has 1 heterocycles. The van der Waals surface area contributed by atoms with Gasteiger partial charge in [0, 0.05) is 30.1 Å². The van der Waals surface area contributed by atoms with Gasteiger partial charge in [-0.05, 0) is 44.7 Å². The SMILES string of the molecule is Cc1c(O)cc(C(=O)N2CC[C@](C)(O)[C@H](CC(C)C)C2)cc1O. The Balaban J connectivity index is 2.20. The quantitative estimate of drug-likeness (QED) is 0.799. The van der Waals surface area contributed by atoms with E-state index in [1.54, 1.807) is 11.8 Å². The first-order valence-corrected chi connectivity index (χ1v) is 8.16. The second kappa shape index (κ2) is 6.40. The fraction of sp³-hybridized carbons (Fsp3) is 0.611. The molecule has 1 aromatic carbocycles. The average Bonchev–Trinajstić information content (AvgIpc) is 2.45. The standard InChI is InChI=1S/C18H27NO4/c1-11(2)7-14-10-19(6-5-18(14,4)23)17(22)13-8-15(20)12(3)16(21)9-13/h8-9,11,14,20-21,23H,5-7,10H2,1-4H3/t14-,18+/m1/s1. The zero-order chi connectivity index (χ0) is 17.4. The van der Waals surface area contributed by atoms with Crippen LogP contribution in [0.15, 0.2) is 12.1 Å². The maximum atomic E-state index is 12.7. The van der Waals surface area contributed by atoms with E-state index in [0.29, 0.717) is 31.0 Å². The van der Waals surface area contributed by atoms with E-state index < -0.39 is 5.60 Å². The Morgan fingerprint density at radius 2 is 1.91 bits per heavy atom. The molecule has 1 aromatic rings. The van der Waals surface area contributed by atoms with E-state index in [1.807, 2.05) is 6.92 Å². The predicted octanol–water partition coefficient (Wildman–Crippen LogP) is 2.67. The molecule has 2 atom stereocenters. The topological polar surface area (TPSA) is 81.0 Å². The Hall–Kier alpha value is -1.75. The molecule has 5 heteroatoms. The number of hydrogen-bond donors (Lipinski definition) is 3. The fourth-order valence-electron chi connectivity index (χ4n) is 3.19. The van der Waals surface area contributed by atoms with E-state index in [2.05, 4.69) is 13.8 Å². The number of nitrogens with zero attached hydrogens (tertiary/aromatic N) is 1. The van der Waals surface area contributed by atoms with Crippen molar-refractivity contribution in [3.8, 4) is 11.5 Å². The number of piperidine rings is 1. The summed E-state index contributed by atoms with van der Waals surface area (Å²) < 4.78 is 0. The van der Waals surface area contributed by atoms with Gasteiger partial charge in [0.15, 0.2) is 0 Å². The summed E-state index contributed by atoms with van der Waals surface area (Å²) in [4.78, 5) is 14.4. The molecule has 0 aliphatic carbocycles. The molecular weight excluding hydrogens is 294 g/mol. The minimum atomic E-state index is -0.765. The van der Waals surface area contributed by atoms with E-state index >= 15 is 0 Å². The first-order valence-electron chi connectivity index (χ1n) is 8.16. The summed E-state index contributed by atoms with van der Waals surface area (Å²) in [7, 11) is 0. The Kier molecular flexibility index (Phi) is 4.90. The minimum Gasteiger partial charge on any atom is -0.508 e. The summed E-state index contributed by atoms with van der Waals surface area (Å²) in [5.41, 5.74) is -0.130. The van der Waals surface area contributed by atoms with Gasteiger partial charge >= 0.3 is 0 Å². The van der Waals surface area contributed by atoms with Gasteiger partial charge in [-0.1, -0.05) is 13.8 Å². The van der Waals surface area contributed by atoms with E-state index in [1.165, 1.54) is 12.1 Å². The van der Waals surface area contributed by atoms with Crippen LogP contribution in [0.1, 0.15) is 49.5 Å². The zero-order valence-corrected chi connectivity index (χ0v) is 14.3. The van der Waals surface area contributed by atoms with Crippen molar-refractivity contribution in [2.45, 2.75) is 46.1 Å². The van der Waals surface area contributed by atoms with Gasteiger partial charge in [-0.2, -0.15) is 0 Å². The van der Waals surface area contributed by atoms with Crippen LogP contribution in [0.5, 0.6) is 11.5 Å². The third-order valence-electron chi connectivity index (χ3n) is 4.85. The van der Waals surface area contributed by atoms with Crippen molar-refractivity contribution in [2.24, 2.45) is 11.8 Å². The predicted molar refractivity (Wildman–Crippen MR) is 88.6 cm³/mol. The molecule has 1 aliphatic heterocycles. The van der Waals surface area contributed by atoms with Crippen molar-refractivity contribution in [1.29, 1.82) is 0 Å². The zero-order valence-electron chi connectivity index (χ0n) is 14.3. The highest BCUT2D eigenvalue weighted by molar-refractivity contribution is 5.95. The monoisotopic (exact) mass is 321 g/mol. The van der Waals surface area contributed by atoms with E-state index in [9.17, 15) is 20.1 Å². The third-order valence-corrected chi connectivity index (χ3v) is 4.85. The minimum absolute atomic E-state index is 0.0212. The van der Waals surface area contributed by atoms with Crippen molar-refractivity contribution >= 4 is 5.91 Å². The van der Waals surface area contributed by atoms with Crippen LogP contribution >= 0.6 is 0 Å². The van der Waals surface area contributed by atoms with E-state index in [-0.39, 0.29) is 28.9 Å². The lowest BCUT2D eigenvalue weighted by Gasteiger charge is -2.43. The van der Waals surface area contributed by atoms with Crippen LogP contribution in [0.25, 0.3) is 0 Å². The van der Waals surface area contributed by atoms with Crippen LogP contribution in [-0.4, -0.2) is 44.8 Å². The summed E-state index contributed by atoms with van der Waals surface area (Å²) in [6.45, 7) is 8.59. The molecule has 3 N–H and O–H groups in total. The van der Waals surface area contributed by atoms with Gasteiger partial charge in [-0.25, -0.2) is 0 Å². The summed E-state index contributed by atoms with van der Waals surface area (Å²) >= 11 is 0. The maximum absolute atomic E-state index is 12.7. The molecule has 0 aromatic heterocycles. The molecule has 0 radical (unpaired) electrons. The van der Waals surface area contributed by atoms with Gasteiger partial charge in [0.2, 0.25) is 0 Å². The van der Waals surface area contributed by atoms with Crippen LogP contribution < -0.4 is 0 Å². The number of carbonyl (C=O) groups excluding carboxylic acids is 1. The van der Waals surface area contributed by atoms with Crippen molar-refractivity contribution in [3.05, 3.63) is 23.3 Å². The van der Waals surface area contributed by atoms with Gasteiger partial charge in [0.1, 0.15) is 11.5 Å². The highest BCUT2D eigenvalue weighted by Crippen LogP contribution is 2.34. The fourth-order valence-corrected chi connectivity index (χ4v) is 3.19. The first kappa shape index (κ1) is 17.6. The van der Waals surface area contributed by atoms with Crippen molar-refractivity contribution < 1.29 is 20.1 Å². The molecule has 1 amide bonds. The lowest BCUT2D eigenvalue weighted by molar-refractivity contribution is -0.0577. The molecule has 2 rings (SSSR count). The van der Waals surface area contributed by atoms with Crippen molar-refractivity contribution in [2.75, 3.05) is 13.1 Å². The van der Waals surface area contributed by atoms with Gasteiger partial charge in [0.25, 0.3) is 5.91 Å². The smallest absolute Gasteiger partial charge is 0.254 e. The van der Waals surface area contributed by atoms with E-state index in [4.69, 9.17) is 0 Å². The molecule has 0 unspecified atom stereocenters.